The van der Waals surface area contributed by atoms with Crippen LogP contribution in [0, 0.1) is 5.92 Å². The van der Waals surface area contributed by atoms with Gasteiger partial charge in [0.25, 0.3) is 0 Å². The standard InChI is InChI=1S/C13H28O/c1-4-6-7-8-9-10-11-13(5-2)12(3)14/h12-14H,4-11H2,1-3H3. The fraction of sp³-hybridized carbons (Fsp3) is 1.00. The molecule has 0 amide bonds. The molecule has 1 nitrogen and oxygen atoms in total. The van der Waals surface area contributed by atoms with Crippen LogP contribution in [0.2, 0.25) is 0 Å². The molecule has 0 radical (unpaired) electrons. The fourth-order valence-corrected chi connectivity index (χ4v) is 1.97. The van der Waals surface area contributed by atoms with Gasteiger partial charge < -0.3 is 5.11 Å². The minimum Gasteiger partial charge on any atom is -0.393 e. The van der Waals surface area contributed by atoms with E-state index in [1.807, 2.05) is 6.92 Å². The third-order valence-corrected chi connectivity index (χ3v) is 3.14. The summed E-state index contributed by atoms with van der Waals surface area (Å²) in [5, 5.41) is 9.45. The van der Waals surface area contributed by atoms with Gasteiger partial charge in [-0.2, -0.15) is 0 Å². The molecule has 0 aromatic heterocycles. The Morgan fingerprint density at radius 2 is 1.50 bits per heavy atom. The van der Waals surface area contributed by atoms with E-state index in [1.165, 1.54) is 44.9 Å². The van der Waals surface area contributed by atoms with Crippen LogP contribution < -0.4 is 0 Å². The molecule has 0 rings (SSSR count). The van der Waals surface area contributed by atoms with Crippen molar-refractivity contribution in [1.29, 1.82) is 0 Å². The van der Waals surface area contributed by atoms with Crippen molar-refractivity contribution in [2.45, 2.75) is 78.2 Å². The lowest BCUT2D eigenvalue weighted by molar-refractivity contribution is 0.115. The number of aliphatic hydroxyl groups excluding tert-OH is 1. The van der Waals surface area contributed by atoms with Crippen molar-refractivity contribution in [2.75, 3.05) is 0 Å². The van der Waals surface area contributed by atoms with Crippen LogP contribution in [0.4, 0.5) is 0 Å². The lowest BCUT2D eigenvalue weighted by Gasteiger charge is -2.17. The zero-order valence-electron chi connectivity index (χ0n) is 10.3. The first-order valence-corrected chi connectivity index (χ1v) is 6.40. The third kappa shape index (κ3) is 7.37. The summed E-state index contributed by atoms with van der Waals surface area (Å²) in [7, 11) is 0. The summed E-state index contributed by atoms with van der Waals surface area (Å²) in [5.74, 6) is 0.529. The Kier molecular flexibility index (Phi) is 9.49. The van der Waals surface area contributed by atoms with Gasteiger partial charge >= 0.3 is 0 Å². The van der Waals surface area contributed by atoms with Crippen molar-refractivity contribution in [1.82, 2.24) is 0 Å². The van der Waals surface area contributed by atoms with Gasteiger partial charge in [-0.1, -0.05) is 58.8 Å². The van der Waals surface area contributed by atoms with Crippen LogP contribution in [0.1, 0.15) is 72.1 Å². The maximum Gasteiger partial charge on any atom is 0.0540 e. The average molecular weight is 200 g/mol. The number of hydrogen-bond acceptors (Lipinski definition) is 1. The first-order valence-electron chi connectivity index (χ1n) is 6.40. The van der Waals surface area contributed by atoms with E-state index in [0.717, 1.165) is 6.42 Å². The second-order valence-electron chi connectivity index (χ2n) is 4.47. The van der Waals surface area contributed by atoms with E-state index in [-0.39, 0.29) is 6.10 Å². The van der Waals surface area contributed by atoms with E-state index in [1.54, 1.807) is 0 Å². The van der Waals surface area contributed by atoms with Gasteiger partial charge in [-0.05, 0) is 19.3 Å². The van der Waals surface area contributed by atoms with Crippen molar-refractivity contribution >= 4 is 0 Å². The Bertz CT molecular complexity index is 110. The Balaban J connectivity index is 3.25. The van der Waals surface area contributed by atoms with Gasteiger partial charge in [0.15, 0.2) is 0 Å². The predicted octanol–water partition coefficient (Wildman–Crippen LogP) is 4.14. The minimum absolute atomic E-state index is 0.115. The summed E-state index contributed by atoms with van der Waals surface area (Å²) < 4.78 is 0. The largest absolute Gasteiger partial charge is 0.393 e. The molecule has 0 aromatic carbocycles. The highest BCUT2D eigenvalue weighted by Crippen LogP contribution is 2.18. The molecule has 0 aromatic rings. The van der Waals surface area contributed by atoms with E-state index in [2.05, 4.69) is 13.8 Å². The average Bonchev–Trinajstić information content (AvgIpc) is 2.16. The SMILES string of the molecule is CCCCCCCCC(CC)C(C)O. The van der Waals surface area contributed by atoms with E-state index >= 15 is 0 Å². The molecule has 0 heterocycles. The van der Waals surface area contributed by atoms with Crippen LogP contribution in [0.3, 0.4) is 0 Å². The number of hydrogen-bond donors (Lipinski definition) is 1. The number of rotatable bonds is 9. The van der Waals surface area contributed by atoms with Gasteiger partial charge in [0.1, 0.15) is 0 Å². The fourth-order valence-electron chi connectivity index (χ4n) is 1.97. The first kappa shape index (κ1) is 14.0. The Labute approximate surface area is 89.9 Å². The predicted molar refractivity (Wildman–Crippen MR) is 63.5 cm³/mol. The highest BCUT2D eigenvalue weighted by Gasteiger charge is 2.11. The van der Waals surface area contributed by atoms with Gasteiger partial charge in [-0.25, -0.2) is 0 Å². The monoisotopic (exact) mass is 200 g/mol. The van der Waals surface area contributed by atoms with Gasteiger partial charge in [-0.3, -0.25) is 0 Å². The molecule has 0 spiro atoms. The maximum absolute atomic E-state index is 9.45. The molecule has 0 saturated carbocycles. The van der Waals surface area contributed by atoms with Crippen molar-refractivity contribution < 1.29 is 5.11 Å². The summed E-state index contributed by atoms with van der Waals surface area (Å²) in [6, 6.07) is 0. The smallest absolute Gasteiger partial charge is 0.0540 e. The second kappa shape index (κ2) is 9.51. The molecule has 0 aliphatic carbocycles. The van der Waals surface area contributed by atoms with E-state index in [9.17, 15) is 5.11 Å². The van der Waals surface area contributed by atoms with Crippen LogP contribution in [-0.2, 0) is 0 Å². The third-order valence-electron chi connectivity index (χ3n) is 3.14. The van der Waals surface area contributed by atoms with Crippen LogP contribution >= 0.6 is 0 Å². The molecule has 0 aliphatic heterocycles. The van der Waals surface area contributed by atoms with Crippen molar-refractivity contribution in [2.24, 2.45) is 5.92 Å². The zero-order chi connectivity index (χ0) is 10.8. The maximum atomic E-state index is 9.45. The lowest BCUT2D eigenvalue weighted by atomic mass is 9.93. The van der Waals surface area contributed by atoms with Crippen LogP contribution in [0.5, 0.6) is 0 Å². The molecule has 0 fully saturated rings. The number of aliphatic hydroxyl groups is 1. The molecule has 0 aliphatic rings. The quantitative estimate of drug-likeness (QED) is 0.554. The number of unbranched alkanes of at least 4 members (excludes halogenated alkanes) is 5. The molecule has 0 saturated heterocycles. The highest BCUT2D eigenvalue weighted by atomic mass is 16.3. The van der Waals surface area contributed by atoms with E-state index in [0.29, 0.717) is 5.92 Å². The topological polar surface area (TPSA) is 20.2 Å². The Hall–Kier alpha value is -0.0400. The van der Waals surface area contributed by atoms with Crippen LogP contribution in [0.25, 0.3) is 0 Å². The van der Waals surface area contributed by atoms with E-state index < -0.39 is 0 Å². The molecule has 14 heavy (non-hydrogen) atoms. The molecule has 2 atom stereocenters. The van der Waals surface area contributed by atoms with Gasteiger partial charge in [-0.15, -0.1) is 0 Å². The lowest BCUT2D eigenvalue weighted by Crippen LogP contribution is -2.15. The summed E-state index contributed by atoms with van der Waals surface area (Å²) in [5.41, 5.74) is 0. The van der Waals surface area contributed by atoms with Gasteiger partial charge in [0.2, 0.25) is 0 Å². The second-order valence-corrected chi connectivity index (χ2v) is 4.47. The van der Waals surface area contributed by atoms with Crippen LogP contribution in [0.15, 0.2) is 0 Å². The molecule has 2 unspecified atom stereocenters. The van der Waals surface area contributed by atoms with Crippen molar-refractivity contribution in [3.8, 4) is 0 Å². The molecular formula is C13H28O. The summed E-state index contributed by atoms with van der Waals surface area (Å²) in [4.78, 5) is 0. The molecular weight excluding hydrogens is 172 g/mol. The summed E-state index contributed by atoms with van der Waals surface area (Å²) in [6.45, 7) is 6.35. The zero-order valence-corrected chi connectivity index (χ0v) is 10.3. The normalized spacial score (nSPS) is 15.4. The van der Waals surface area contributed by atoms with Crippen molar-refractivity contribution in [3.05, 3.63) is 0 Å². The molecule has 1 heteroatoms. The summed E-state index contributed by atoms with van der Waals surface area (Å²) in [6.07, 6.45) is 10.3. The van der Waals surface area contributed by atoms with E-state index in [4.69, 9.17) is 0 Å². The molecule has 86 valence electrons. The molecule has 1 N–H and O–H groups in total. The Morgan fingerprint density at radius 1 is 0.929 bits per heavy atom. The Morgan fingerprint density at radius 3 is 2.00 bits per heavy atom. The minimum atomic E-state index is -0.115. The van der Waals surface area contributed by atoms with Gasteiger partial charge in [0.05, 0.1) is 6.10 Å². The van der Waals surface area contributed by atoms with Gasteiger partial charge in [0, 0.05) is 0 Å². The van der Waals surface area contributed by atoms with Crippen LogP contribution in [-0.4, -0.2) is 11.2 Å². The summed E-state index contributed by atoms with van der Waals surface area (Å²) >= 11 is 0. The first-order chi connectivity index (χ1) is 6.72. The van der Waals surface area contributed by atoms with Crippen molar-refractivity contribution in [3.63, 3.8) is 0 Å². The highest BCUT2D eigenvalue weighted by molar-refractivity contribution is 4.63. The molecule has 0 bridgehead atoms.